The molecule has 0 saturated heterocycles. The second kappa shape index (κ2) is 9.41. The summed E-state index contributed by atoms with van der Waals surface area (Å²) in [7, 11) is 0. The Labute approximate surface area is 168 Å². The monoisotopic (exact) mass is 394 g/mol. The quantitative estimate of drug-likeness (QED) is 0.471. The first kappa shape index (κ1) is 19.9. The third-order valence-electron chi connectivity index (χ3n) is 4.08. The van der Waals surface area contributed by atoms with Gasteiger partial charge in [0.1, 0.15) is 23.9 Å². The van der Waals surface area contributed by atoms with Crippen LogP contribution in [0.4, 0.5) is 11.8 Å². The lowest BCUT2D eigenvalue weighted by Crippen LogP contribution is -2.09. The van der Waals surface area contributed by atoms with Gasteiger partial charge >= 0.3 is 5.97 Å². The van der Waals surface area contributed by atoms with Crippen LogP contribution in [0, 0.1) is 0 Å². The fraction of sp³-hybridized carbons (Fsp3) is 0.190. The number of nitrogens with zero attached hydrogens (tertiary/aromatic N) is 2. The van der Waals surface area contributed by atoms with E-state index >= 15 is 0 Å². The molecule has 0 aliphatic rings. The van der Waals surface area contributed by atoms with Crippen LogP contribution in [-0.4, -0.2) is 27.7 Å². The molecule has 1 heterocycles. The third-order valence-corrected chi connectivity index (χ3v) is 4.08. The number of benzene rings is 2. The highest BCUT2D eigenvalue weighted by molar-refractivity contribution is 5.76. The number of carboxylic acids is 1. The molecule has 0 fully saturated rings. The van der Waals surface area contributed by atoms with E-state index in [0.717, 1.165) is 5.56 Å². The summed E-state index contributed by atoms with van der Waals surface area (Å²) in [5, 5.41) is 8.67. The van der Waals surface area contributed by atoms with Gasteiger partial charge in [-0.3, -0.25) is 4.79 Å². The summed E-state index contributed by atoms with van der Waals surface area (Å²) in [4.78, 5) is 18.9. The highest BCUT2D eigenvalue weighted by atomic mass is 16.5. The molecule has 150 valence electrons. The second-order valence-electron chi connectivity index (χ2n) is 6.26. The van der Waals surface area contributed by atoms with Crippen LogP contribution >= 0.6 is 0 Å². The van der Waals surface area contributed by atoms with Crippen LogP contribution < -0.4 is 20.9 Å². The summed E-state index contributed by atoms with van der Waals surface area (Å²) in [6.07, 6.45) is 0.495. The van der Waals surface area contributed by atoms with Gasteiger partial charge in [-0.2, -0.15) is 4.98 Å². The van der Waals surface area contributed by atoms with E-state index in [1.54, 1.807) is 24.3 Å². The summed E-state index contributed by atoms with van der Waals surface area (Å²) in [6.45, 7) is 0.455. The third kappa shape index (κ3) is 5.58. The molecular weight excluding hydrogens is 372 g/mol. The Hall–Kier alpha value is -3.81. The van der Waals surface area contributed by atoms with Crippen molar-refractivity contribution >= 4 is 17.7 Å². The van der Waals surface area contributed by atoms with Crippen molar-refractivity contribution in [2.75, 3.05) is 18.1 Å². The molecule has 0 saturated carbocycles. The van der Waals surface area contributed by atoms with Crippen LogP contribution in [-0.2, 0) is 11.4 Å². The number of aromatic nitrogens is 2. The highest BCUT2D eigenvalue weighted by Gasteiger charge is 2.14. The van der Waals surface area contributed by atoms with Crippen molar-refractivity contribution in [1.82, 2.24) is 9.97 Å². The Morgan fingerprint density at radius 1 is 0.966 bits per heavy atom. The minimum Gasteiger partial charge on any atom is -0.493 e. The van der Waals surface area contributed by atoms with Crippen molar-refractivity contribution in [3.8, 4) is 22.6 Å². The summed E-state index contributed by atoms with van der Waals surface area (Å²) < 4.78 is 11.4. The first-order valence-electron chi connectivity index (χ1n) is 9.07. The topological polar surface area (TPSA) is 134 Å². The number of carbonyl (C=O) groups is 1. The van der Waals surface area contributed by atoms with E-state index in [1.165, 1.54) is 0 Å². The van der Waals surface area contributed by atoms with Gasteiger partial charge in [0.15, 0.2) is 0 Å². The Morgan fingerprint density at radius 2 is 1.69 bits per heavy atom. The van der Waals surface area contributed by atoms with Gasteiger partial charge in [0.25, 0.3) is 0 Å². The Kier molecular flexibility index (Phi) is 6.47. The van der Waals surface area contributed by atoms with E-state index in [4.69, 9.17) is 26.0 Å². The number of hydrogen-bond donors (Lipinski definition) is 3. The van der Waals surface area contributed by atoms with Crippen molar-refractivity contribution in [1.29, 1.82) is 0 Å². The molecule has 3 rings (SSSR count). The van der Waals surface area contributed by atoms with Crippen LogP contribution in [0.2, 0.25) is 0 Å². The van der Waals surface area contributed by atoms with Crippen LogP contribution in [0.25, 0.3) is 11.1 Å². The number of hydrogen-bond acceptors (Lipinski definition) is 7. The number of ether oxygens (including phenoxy) is 2. The van der Waals surface area contributed by atoms with Crippen molar-refractivity contribution in [2.24, 2.45) is 0 Å². The van der Waals surface area contributed by atoms with E-state index in [9.17, 15) is 4.79 Å². The van der Waals surface area contributed by atoms with Crippen molar-refractivity contribution in [3.05, 3.63) is 60.3 Å². The number of carboxylic acid groups (broad SMARTS) is 1. The van der Waals surface area contributed by atoms with Gasteiger partial charge in [-0.25, -0.2) is 4.98 Å². The molecular formula is C21H22N4O4. The predicted molar refractivity (Wildman–Crippen MR) is 109 cm³/mol. The molecule has 8 nitrogen and oxygen atoms in total. The van der Waals surface area contributed by atoms with Gasteiger partial charge < -0.3 is 26.0 Å². The minimum atomic E-state index is -0.844. The molecule has 29 heavy (non-hydrogen) atoms. The van der Waals surface area contributed by atoms with E-state index in [0.29, 0.717) is 35.8 Å². The van der Waals surface area contributed by atoms with Crippen molar-refractivity contribution in [2.45, 2.75) is 19.4 Å². The highest BCUT2D eigenvalue weighted by Crippen LogP contribution is 2.29. The van der Waals surface area contributed by atoms with Crippen LogP contribution in [0.1, 0.15) is 18.5 Å². The van der Waals surface area contributed by atoms with Crippen LogP contribution in [0.3, 0.4) is 0 Å². The van der Waals surface area contributed by atoms with Gasteiger partial charge in [-0.15, -0.1) is 0 Å². The number of nitrogens with two attached hydrogens (primary N) is 2. The molecule has 3 aromatic rings. The van der Waals surface area contributed by atoms with Crippen LogP contribution in [0.5, 0.6) is 11.5 Å². The maximum absolute atomic E-state index is 10.6. The molecule has 0 bridgehead atoms. The van der Waals surface area contributed by atoms with Gasteiger partial charge in [0.05, 0.1) is 12.3 Å². The van der Waals surface area contributed by atoms with E-state index < -0.39 is 5.97 Å². The largest absolute Gasteiger partial charge is 0.493 e. The Balaban J connectivity index is 1.72. The lowest BCUT2D eigenvalue weighted by molar-refractivity contribution is -0.137. The fourth-order valence-corrected chi connectivity index (χ4v) is 2.79. The average Bonchev–Trinajstić information content (AvgIpc) is 2.70. The SMILES string of the molecule is Nc1nc(N)c(-c2ccccc2)c(COc2cccc(OCCCC(=O)O)c2)n1. The second-order valence-corrected chi connectivity index (χ2v) is 6.26. The molecule has 8 heteroatoms. The van der Waals surface area contributed by atoms with Crippen molar-refractivity contribution < 1.29 is 19.4 Å². The predicted octanol–water partition coefficient (Wildman–Crippen LogP) is 3.13. The van der Waals surface area contributed by atoms with Gasteiger partial charge in [-0.05, 0) is 24.1 Å². The molecule has 0 aliphatic carbocycles. The summed E-state index contributed by atoms with van der Waals surface area (Å²) in [5.74, 6) is 0.700. The first-order valence-corrected chi connectivity index (χ1v) is 9.07. The van der Waals surface area contributed by atoms with E-state index in [-0.39, 0.29) is 24.8 Å². The van der Waals surface area contributed by atoms with E-state index in [2.05, 4.69) is 9.97 Å². The molecule has 0 spiro atoms. The Morgan fingerprint density at radius 3 is 2.41 bits per heavy atom. The molecule has 0 amide bonds. The van der Waals surface area contributed by atoms with E-state index in [1.807, 2.05) is 30.3 Å². The number of aliphatic carboxylic acids is 1. The zero-order valence-electron chi connectivity index (χ0n) is 15.7. The molecule has 0 radical (unpaired) electrons. The summed E-state index contributed by atoms with van der Waals surface area (Å²) >= 11 is 0. The fourth-order valence-electron chi connectivity index (χ4n) is 2.79. The standard InChI is InChI=1S/C21H22N4O4/c22-20-19(14-6-2-1-3-7-14)17(24-21(23)25-20)13-29-16-9-4-8-15(12-16)28-11-5-10-18(26)27/h1-4,6-9,12H,5,10-11,13H2,(H,26,27)(H4,22,23,24,25). The molecule has 5 N–H and O–H groups in total. The molecule has 0 atom stereocenters. The smallest absolute Gasteiger partial charge is 0.303 e. The normalized spacial score (nSPS) is 10.5. The molecule has 0 aliphatic heterocycles. The number of anilines is 2. The van der Waals surface area contributed by atoms with Gasteiger partial charge in [0.2, 0.25) is 5.95 Å². The van der Waals surface area contributed by atoms with Gasteiger partial charge in [0, 0.05) is 18.1 Å². The Bertz CT molecular complexity index is 980. The van der Waals surface area contributed by atoms with Crippen molar-refractivity contribution in [3.63, 3.8) is 0 Å². The lowest BCUT2D eigenvalue weighted by atomic mass is 10.0. The zero-order chi connectivity index (χ0) is 20.6. The minimum absolute atomic E-state index is 0.0645. The molecule has 0 unspecified atom stereocenters. The molecule has 2 aromatic carbocycles. The summed E-state index contributed by atoms with van der Waals surface area (Å²) in [5.41, 5.74) is 14.0. The maximum atomic E-state index is 10.6. The zero-order valence-corrected chi connectivity index (χ0v) is 15.7. The first-order chi connectivity index (χ1) is 14.0. The van der Waals surface area contributed by atoms with Crippen LogP contribution in [0.15, 0.2) is 54.6 Å². The lowest BCUT2D eigenvalue weighted by Gasteiger charge is -2.14. The maximum Gasteiger partial charge on any atom is 0.303 e. The number of rotatable bonds is 9. The summed E-state index contributed by atoms with van der Waals surface area (Å²) in [6, 6.07) is 16.7. The van der Waals surface area contributed by atoms with Gasteiger partial charge in [-0.1, -0.05) is 36.4 Å². The number of nitrogen functional groups attached to an aromatic ring is 2. The average molecular weight is 394 g/mol. The molecule has 1 aromatic heterocycles.